The van der Waals surface area contributed by atoms with Crippen molar-refractivity contribution in [2.75, 3.05) is 20.2 Å². The van der Waals surface area contributed by atoms with E-state index in [4.69, 9.17) is 4.74 Å². The van der Waals surface area contributed by atoms with Gasteiger partial charge in [-0.25, -0.2) is 0 Å². The molecular weight excluding hydrogens is 190 g/mol. The first-order chi connectivity index (χ1) is 7.27. The van der Waals surface area contributed by atoms with E-state index in [0.29, 0.717) is 19.6 Å². The molecule has 1 atom stereocenters. The fraction of sp³-hybridized carbons (Fsp3) is 0.500. The number of hydrogen-bond acceptors (Lipinski definition) is 3. The molecule has 0 aliphatic heterocycles. The molecule has 84 valence electrons. The third-order valence-corrected chi connectivity index (χ3v) is 2.17. The SMILES string of the molecule is CCOc1ccccc1CC(O)CNC. The second kappa shape index (κ2) is 6.43. The highest BCUT2D eigenvalue weighted by Gasteiger charge is 2.08. The van der Waals surface area contributed by atoms with Crippen molar-refractivity contribution in [1.29, 1.82) is 0 Å². The van der Waals surface area contributed by atoms with Gasteiger partial charge in [0.05, 0.1) is 12.7 Å². The number of benzene rings is 1. The molecule has 0 fully saturated rings. The molecule has 1 unspecified atom stereocenters. The van der Waals surface area contributed by atoms with Crippen molar-refractivity contribution < 1.29 is 9.84 Å². The maximum atomic E-state index is 9.68. The Morgan fingerprint density at radius 2 is 2.13 bits per heavy atom. The Balaban J connectivity index is 2.66. The molecule has 3 nitrogen and oxygen atoms in total. The molecule has 0 saturated carbocycles. The highest BCUT2D eigenvalue weighted by Crippen LogP contribution is 2.19. The Morgan fingerprint density at radius 1 is 1.40 bits per heavy atom. The Hall–Kier alpha value is -1.06. The lowest BCUT2D eigenvalue weighted by Crippen LogP contribution is -2.25. The largest absolute Gasteiger partial charge is 0.494 e. The standard InChI is InChI=1S/C12H19NO2/c1-3-15-12-7-5-4-6-10(12)8-11(14)9-13-2/h4-7,11,13-14H,3,8-9H2,1-2H3. The van der Waals surface area contributed by atoms with Gasteiger partial charge in [-0.2, -0.15) is 0 Å². The van der Waals surface area contributed by atoms with Gasteiger partial charge in [0.2, 0.25) is 0 Å². The number of aliphatic hydroxyl groups excluding tert-OH is 1. The fourth-order valence-electron chi connectivity index (χ4n) is 1.53. The molecule has 0 radical (unpaired) electrons. The van der Waals surface area contributed by atoms with E-state index >= 15 is 0 Å². The quantitative estimate of drug-likeness (QED) is 0.740. The number of hydrogen-bond donors (Lipinski definition) is 2. The van der Waals surface area contributed by atoms with E-state index in [1.54, 1.807) is 0 Å². The minimum absolute atomic E-state index is 0.364. The van der Waals surface area contributed by atoms with Crippen LogP contribution in [-0.2, 0) is 6.42 Å². The second-order valence-corrected chi connectivity index (χ2v) is 3.46. The number of rotatable bonds is 6. The Kier molecular flexibility index (Phi) is 5.15. The average Bonchev–Trinajstić information content (AvgIpc) is 2.21. The van der Waals surface area contributed by atoms with Gasteiger partial charge >= 0.3 is 0 Å². The summed E-state index contributed by atoms with van der Waals surface area (Å²) in [6.45, 7) is 3.21. The number of nitrogens with one attached hydrogen (secondary N) is 1. The van der Waals surface area contributed by atoms with Gasteiger partial charge in [0, 0.05) is 13.0 Å². The van der Waals surface area contributed by atoms with Crippen LogP contribution in [0.15, 0.2) is 24.3 Å². The van der Waals surface area contributed by atoms with Crippen LogP contribution in [0.4, 0.5) is 0 Å². The topological polar surface area (TPSA) is 41.5 Å². The summed E-state index contributed by atoms with van der Waals surface area (Å²) in [6, 6.07) is 7.83. The maximum absolute atomic E-state index is 9.68. The summed E-state index contributed by atoms with van der Waals surface area (Å²) >= 11 is 0. The van der Waals surface area contributed by atoms with Crippen molar-refractivity contribution in [2.45, 2.75) is 19.4 Å². The molecule has 2 N–H and O–H groups in total. The molecule has 3 heteroatoms. The van der Waals surface area contributed by atoms with Crippen molar-refractivity contribution >= 4 is 0 Å². The van der Waals surface area contributed by atoms with E-state index in [-0.39, 0.29) is 6.10 Å². The summed E-state index contributed by atoms with van der Waals surface area (Å²) in [6.07, 6.45) is 0.258. The smallest absolute Gasteiger partial charge is 0.122 e. The lowest BCUT2D eigenvalue weighted by Gasteiger charge is -2.13. The van der Waals surface area contributed by atoms with Crippen molar-refractivity contribution in [2.24, 2.45) is 0 Å². The van der Waals surface area contributed by atoms with Crippen molar-refractivity contribution in [3.05, 3.63) is 29.8 Å². The minimum atomic E-state index is -0.364. The van der Waals surface area contributed by atoms with Gasteiger partial charge in [-0.1, -0.05) is 18.2 Å². The van der Waals surface area contributed by atoms with Crippen molar-refractivity contribution in [3.8, 4) is 5.75 Å². The number of likely N-dealkylation sites (N-methyl/N-ethyl adjacent to an activating group) is 1. The molecule has 0 spiro atoms. The third kappa shape index (κ3) is 3.90. The van der Waals surface area contributed by atoms with Crippen LogP contribution < -0.4 is 10.1 Å². The Bertz CT molecular complexity index is 289. The molecule has 0 aliphatic carbocycles. The van der Waals surface area contributed by atoms with E-state index in [0.717, 1.165) is 11.3 Å². The third-order valence-electron chi connectivity index (χ3n) is 2.17. The average molecular weight is 209 g/mol. The van der Waals surface area contributed by atoms with Crippen LogP contribution in [-0.4, -0.2) is 31.4 Å². The summed E-state index contributed by atoms with van der Waals surface area (Å²) in [7, 11) is 1.83. The lowest BCUT2D eigenvalue weighted by molar-refractivity contribution is 0.173. The van der Waals surface area contributed by atoms with Crippen LogP contribution in [0.1, 0.15) is 12.5 Å². The molecule has 0 amide bonds. The molecule has 1 aromatic rings. The first kappa shape index (κ1) is 12.0. The van der Waals surface area contributed by atoms with Gasteiger partial charge in [-0.15, -0.1) is 0 Å². The summed E-state index contributed by atoms with van der Waals surface area (Å²) < 4.78 is 5.48. The molecule has 1 aromatic carbocycles. The molecule has 0 heterocycles. The first-order valence-corrected chi connectivity index (χ1v) is 5.31. The fourth-order valence-corrected chi connectivity index (χ4v) is 1.53. The van der Waals surface area contributed by atoms with Crippen LogP contribution in [0.2, 0.25) is 0 Å². The van der Waals surface area contributed by atoms with Crippen LogP contribution >= 0.6 is 0 Å². The zero-order valence-corrected chi connectivity index (χ0v) is 9.36. The van der Waals surface area contributed by atoms with E-state index in [1.165, 1.54) is 0 Å². The highest BCUT2D eigenvalue weighted by atomic mass is 16.5. The van der Waals surface area contributed by atoms with E-state index < -0.39 is 0 Å². The van der Waals surface area contributed by atoms with Gasteiger partial charge < -0.3 is 15.2 Å². The summed E-state index contributed by atoms with van der Waals surface area (Å²) in [5.41, 5.74) is 1.06. The zero-order valence-electron chi connectivity index (χ0n) is 9.36. The molecule has 1 rings (SSSR count). The van der Waals surface area contributed by atoms with Crippen LogP contribution in [0, 0.1) is 0 Å². The van der Waals surface area contributed by atoms with E-state index in [1.807, 2.05) is 38.2 Å². The maximum Gasteiger partial charge on any atom is 0.122 e. The van der Waals surface area contributed by atoms with Crippen LogP contribution in [0.25, 0.3) is 0 Å². The summed E-state index contributed by atoms with van der Waals surface area (Å²) in [5, 5.41) is 12.6. The van der Waals surface area contributed by atoms with Gasteiger partial charge in [0.1, 0.15) is 5.75 Å². The van der Waals surface area contributed by atoms with Crippen molar-refractivity contribution in [1.82, 2.24) is 5.32 Å². The van der Waals surface area contributed by atoms with Gasteiger partial charge in [-0.3, -0.25) is 0 Å². The Labute approximate surface area is 91.1 Å². The van der Waals surface area contributed by atoms with Crippen molar-refractivity contribution in [3.63, 3.8) is 0 Å². The predicted molar refractivity (Wildman–Crippen MR) is 61.2 cm³/mol. The highest BCUT2D eigenvalue weighted by molar-refractivity contribution is 5.33. The van der Waals surface area contributed by atoms with Crippen LogP contribution in [0.3, 0.4) is 0 Å². The number of ether oxygens (including phenoxy) is 1. The summed E-state index contributed by atoms with van der Waals surface area (Å²) in [5.74, 6) is 0.871. The van der Waals surface area contributed by atoms with Gasteiger partial charge in [-0.05, 0) is 25.6 Å². The summed E-state index contributed by atoms with van der Waals surface area (Å²) in [4.78, 5) is 0. The first-order valence-electron chi connectivity index (χ1n) is 5.31. The number of aliphatic hydroxyl groups is 1. The van der Waals surface area contributed by atoms with E-state index in [9.17, 15) is 5.11 Å². The minimum Gasteiger partial charge on any atom is -0.494 e. The molecule has 0 aliphatic rings. The molecule has 0 saturated heterocycles. The van der Waals surface area contributed by atoms with Crippen LogP contribution in [0.5, 0.6) is 5.75 Å². The molecule has 0 aromatic heterocycles. The molecule has 15 heavy (non-hydrogen) atoms. The molecular formula is C12H19NO2. The lowest BCUT2D eigenvalue weighted by atomic mass is 10.1. The monoisotopic (exact) mass is 209 g/mol. The van der Waals surface area contributed by atoms with E-state index in [2.05, 4.69) is 5.32 Å². The second-order valence-electron chi connectivity index (χ2n) is 3.46. The number of para-hydroxylation sites is 1. The van der Waals surface area contributed by atoms with Gasteiger partial charge in [0.25, 0.3) is 0 Å². The normalized spacial score (nSPS) is 12.5. The predicted octanol–water partition coefficient (Wildman–Crippen LogP) is 1.21. The Morgan fingerprint density at radius 3 is 2.80 bits per heavy atom. The molecule has 0 bridgehead atoms. The zero-order chi connectivity index (χ0) is 11.1. The van der Waals surface area contributed by atoms with Gasteiger partial charge in [0.15, 0.2) is 0 Å².